The highest BCUT2D eigenvalue weighted by Gasteiger charge is 2.33. The topological polar surface area (TPSA) is 168 Å². The molecule has 2 aromatic carbocycles. The first kappa shape index (κ1) is 46.0. The van der Waals surface area contributed by atoms with E-state index in [0.717, 1.165) is 43.3 Å². The summed E-state index contributed by atoms with van der Waals surface area (Å²) in [6.45, 7) is 16.8. The average Bonchev–Trinajstić information content (AvgIpc) is 3.21. The predicted molar refractivity (Wildman–Crippen MR) is 215 cm³/mol. The molecule has 0 radical (unpaired) electrons. The van der Waals surface area contributed by atoms with Gasteiger partial charge in [0.2, 0.25) is 5.91 Å². The van der Waals surface area contributed by atoms with Crippen molar-refractivity contribution in [3.63, 3.8) is 0 Å². The molecule has 4 rings (SSSR count). The van der Waals surface area contributed by atoms with Gasteiger partial charge in [-0.3, -0.25) is 19.4 Å². The number of hydrogen-bond acceptors (Lipinski definition) is 11. The molecule has 0 bridgehead atoms. The number of ether oxygens (including phenoxy) is 1. The Morgan fingerprint density at radius 3 is 2.33 bits per heavy atom. The summed E-state index contributed by atoms with van der Waals surface area (Å²) in [6, 6.07) is 8.79. The molecule has 18 heteroatoms. The van der Waals surface area contributed by atoms with Crippen molar-refractivity contribution in [3.05, 3.63) is 98.7 Å². The fraction of sp³-hybridized carbons (Fsp3) is 0.410. The number of alkyl halides is 3. The highest BCUT2D eigenvalue weighted by molar-refractivity contribution is 6.33. The summed E-state index contributed by atoms with van der Waals surface area (Å²) in [5, 5.41) is 20.1. The second kappa shape index (κ2) is 21.2. The fourth-order valence-corrected chi connectivity index (χ4v) is 6.30. The number of anilines is 1. The first-order valence-corrected chi connectivity index (χ1v) is 18.4. The lowest BCUT2D eigenvalue weighted by atomic mass is 9.97. The summed E-state index contributed by atoms with van der Waals surface area (Å²) >= 11 is 5.94. The van der Waals surface area contributed by atoms with Crippen molar-refractivity contribution in [1.29, 1.82) is 0 Å². The van der Waals surface area contributed by atoms with Gasteiger partial charge in [0.05, 0.1) is 54.0 Å². The number of halogens is 4. The summed E-state index contributed by atoms with van der Waals surface area (Å²) in [6.07, 6.45) is -3.18. The van der Waals surface area contributed by atoms with Gasteiger partial charge in [-0.15, -0.1) is 0 Å². The van der Waals surface area contributed by atoms with Gasteiger partial charge in [-0.2, -0.15) is 18.3 Å². The lowest BCUT2D eigenvalue weighted by molar-refractivity contribution is -0.137. The van der Waals surface area contributed by atoms with E-state index in [1.54, 1.807) is 30.8 Å². The molecule has 2 aliphatic heterocycles. The van der Waals surface area contributed by atoms with Crippen LogP contribution in [0.4, 0.5) is 18.9 Å². The number of nitrogens with one attached hydrogen (secondary N) is 2. The quantitative estimate of drug-likeness (QED) is 0.0519. The number of carbonyl (C=O) groups is 3. The molecule has 2 aromatic rings. The lowest BCUT2D eigenvalue weighted by Crippen LogP contribution is -2.51. The van der Waals surface area contributed by atoms with Crippen LogP contribution in [0.3, 0.4) is 0 Å². The van der Waals surface area contributed by atoms with E-state index in [2.05, 4.69) is 58.9 Å². The Labute approximate surface area is 336 Å². The fourth-order valence-electron chi connectivity index (χ4n) is 6.08. The molecule has 0 aliphatic carbocycles. The van der Waals surface area contributed by atoms with Gasteiger partial charge in [-0.05, 0) is 61.4 Å². The molecule has 57 heavy (non-hydrogen) atoms. The molecule has 0 spiro atoms. The van der Waals surface area contributed by atoms with Crippen molar-refractivity contribution < 1.29 is 37.4 Å². The number of fused-ring (bicyclic) bond motifs is 1. The van der Waals surface area contributed by atoms with Crippen molar-refractivity contribution in [3.8, 4) is 0 Å². The maximum absolute atomic E-state index is 13.7. The number of allylic oxidation sites excluding steroid dienone is 2. The van der Waals surface area contributed by atoms with Gasteiger partial charge < -0.3 is 40.9 Å². The van der Waals surface area contributed by atoms with Crippen LogP contribution in [0.15, 0.2) is 81.5 Å². The summed E-state index contributed by atoms with van der Waals surface area (Å²) in [5.41, 5.74) is 9.63. The zero-order valence-corrected chi connectivity index (χ0v) is 33.5. The van der Waals surface area contributed by atoms with Gasteiger partial charge in [0.25, 0.3) is 11.8 Å². The molecule has 0 aromatic heterocycles. The number of hydrogen-bond donors (Lipinski definition) is 4. The molecule has 0 atom stereocenters. The molecule has 1 saturated heterocycles. The largest absolute Gasteiger partial charge is 0.505 e. The zero-order chi connectivity index (χ0) is 42.4. The van der Waals surface area contributed by atoms with E-state index in [0.29, 0.717) is 23.9 Å². The Morgan fingerprint density at radius 2 is 1.77 bits per heavy atom. The van der Waals surface area contributed by atoms with Crippen LogP contribution in [0.1, 0.15) is 42.5 Å². The van der Waals surface area contributed by atoms with E-state index in [4.69, 9.17) is 22.1 Å². The van der Waals surface area contributed by atoms with E-state index in [-0.39, 0.29) is 60.6 Å². The number of aliphatic imine (C=N–C) groups is 1. The predicted octanol–water partition coefficient (Wildman–Crippen LogP) is 4.88. The van der Waals surface area contributed by atoms with Crippen LogP contribution in [0.25, 0.3) is 0 Å². The minimum Gasteiger partial charge on any atom is -0.505 e. The van der Waals surface area contributed by atoms with Crippen LogP contribution in [0.2, 0.25) is 5.02 Å². The standard InChI is InChI=1S/C28H38ClF3N8O4.C11H13NO/c1-7-21(34-4)24(38-10-12-39(13-11-38)26(43)17(2)25(42)18(3)37(6)16-33)27(44)40(35-5)15-23(41)36-22-9-8-19(14-20(22)29)28(30,31)32;1-12-7-9-3-2-4-10-8-13-6-5-11(9)10/h8-9,14,34,42H,2,5,7,10-13,15-16,33H2,1,3-4,6H3,(H,36,41);2-4H,1,5-8H2/b24-21+,25-18+;. The normalized spacial score (nSPS) is 14.8. The molecular weight excluding hydrogens is 767 g/mol. The number of aliphatic hydroxyl groups is 1. The molecule has 2 heterocycles. The van der Waals surface area contributed by atoms with Crippen LogP contribution in [-0.4, -0.2) is 116 Å². The molecule has 14 nitrogen and oxygen atoms in total. The van der Waals surface area contributed by atoms with Crippen molar-refractivity contribution in [2.24, 2.45) is 15.8 Å². The van der Waals surface area contributed by atoms with Gasteiger partial charge in [-0.25, -0.2) is 5.01 Å². The van der Waals surface area contributed by atoms with Crippen molar-refractivity contribution >= 4 is 48.4 Å². The molecule has 310 valence electrons. The third-order valence-electron chi connectivity index (χ3n) is 9.44. The van der Waals surface area contributed by atoms with Crippen LogP contribution < -0.4 is 16.4 Å². The number of aliphatic hydroxyl groups excluding tert-OH is 1. The number of carbonyl (C=O) groups excluding carboxylic acids is 3. The summed E-state index contributed by atoms with van der Waals surface area (Å²) in [4.78, 5) is 48.3. The Hall–Kier alpha value is -5.39. The van der Waals surface area contributed by atoms with Crippen molar-refractivity contribution in [2.45, 2.75) is 46.0 Å². The number of hydrazone groups is 1. The number of nitrogens with two attached hydrogens (primary N) is 1. The molecule has 0 unspecified atom stereocenters. The van der Waals surface area contributed by atoms with E-state index < -0.39 is 36.0 Å². The van der Waals surface area contributed by atoms with E-state index in [9.17, 15) is 32.7 Å². The van der Waals surface area contributed by atoms with Crippen molar-refractivity contribution in [1.82, 2.24) is 25.0 Å². The Balaban J connectivity index is 0.000000558. The zero-order valence-electron chi connectivity index (χ0n) is 32.7. The molecular formula is C39H51ClF3N9O5. The highest BCUT2D eigenvalue weighted by atomic mass is 35.5. The van der Waals surface area contributed by atoms with Crippen molar-refractivity contribution in [2.75, 3.05) is 65.4 Å². The SMILES string of the molecule is C=NCc1cccc2c1CCOC2.C=NN(CC(=O)Nc1ccc(C(F)(F)F)cc1Cl)C(=O)/C(=C(/CC)NC)N1CCN(C(=O)C(=C)/C(O)=C(/C)N(C)CN)CC1. The lowest BCUT2D eigenvalue weighted by Gasteiger charge is -2.38. The van der Waals surface area contributed by atoms with Gasteiger partial charge in [0.15, 0.2) is 0 Å². The Bertz CT molecular complexity index is 1870. The Kier molecular flexibility index (Phi) is 17.1. The smallest absolute Gasteiger partial charge is 0.416 e. The first-order chi connectivity index (χ1) is 27.0. The third kappa shape index (κ3) is 12.1. The van der Waals surface area contributed by atoms with E-state index in [1.165, 1.54) is 21.6 Å². The third-order valence-corrected chi connectivity index (χ3v) is 9.75. The van der Waals surface area contributed by atoms with Gasteiger partial charge in [0.1, 0.15) is 18.0 Å². The number of nitrogens with zero attached hydrogens (tertiary/aromatic N) is 6. The van der Waals surface area contributed by atoms with Crippen LogP contribution in [0, 0.1) is 0 Å². The second-order valence-electron chi connectivity index (χ2n) is 13.0. The van der Waals surface area contributed by atoms with E-state index in [1.807, 2.05) is 6.92 Å². The minimum atomic E-state index is -4.61. The van der Waals surface area contributed by atoms with Gasteiger partial charge in [-0.1, -0.05) is 43.3 Å². The highest BCUT2D eigenvalue weighted by Crippen LogP contribution is 2.34. The average molecular weight is 818 g/mol. The number of amides is 3. The van der Waals surface area contributed by atoms with E-state index >= 15 is 0 Å². The van der Waals surface area contributed by atoms with Gasteiger partial charge >= 0.3 is 6.18 Å². The summed E-state index contributed by atoms with van der Waals surface area (Å²) in [5.74, 6) is -2.18. The number of benzene rings is 2. The summed E-state index contributed by atoms with van der Waals surface area (Å²) in [7, 11) is 3.30. The van der Waals surface area contributed by atoms with Gasteiger partial charge in [0, 0.05) is 52.7 Å². The molecule has 0 saturated carbocycles. The van der Waals surface area contributed by atoms with Crippen LogP contribution >= 0.6 is 11.6 Å². The molecule has 5 N–H and O–H groups in total. The Morgan fingerprint density at radius 1 is 1.11 bits per heavy atom. The van der Waals surface area contributed by atoms with Crippen LogP contribution in [-0.2, 0) is 44.9 Å². The molecule has 2 aliphatic rings. The maximum Gasteiger partial charge on any atom is 0.416 e. The molecule has 3 amide bonds. The minimum absolute atomic E-state index is 0.0745. The number of rotatable bonds is 14. The maximum atomic E-state index is 13.7. The van der Waals surface area contributed by atoms with Crippen LogP contribution in [0.5, 0.6) is 0 Å². The second-order valence-corrected chi connectivity index (χ2v) is 13.4. The molecule has 1 fully saturated rings. The first-order valence-electron chi connectivity index (χ1n) is 18.0. The summed E-state index contributed by atoms with van der Waals surface area (Å²) < 4.78 is 44.2. The number of piperazine rings is 1. The monoisotopic (exact) mass is 817 g/mol.